The van der Waals surface area contributed by atoms with E-state index in [1.54, 1.807) is 0 Å². The molecule has 0 aromatic heterocycles. The van der Waals surface area contributed by atoms with E-state index in [1.165, 1.54) is 0 Å². The van der Waals surface area contributed by atoms with Crippen LogP contribution in [-0.4, -0.2) is 0 Å². The van der Waals surface area contributed by atoms with Gasteiger partial charge < -0.3 is 71.0 Å². The van der Waals surface area contributed by atoms with Gasteiger partial charge in [0, 0.05) is 0 Å². The molecule has 0 rings (SSSR count). The molecule has 0 aliphatic carbocycles. The molecule has 0 bridgehead atoms. The van der Waals surface area contributed by atoms with Crippen molar-refractivity contribution in [3.63, 3.8) is 0 Å². The van der Waals surface area contributed by atoms with Gasteiger partial charge in [0.05, 0.1) is 0 Å². The maximum atomic E-state index is 6.25. The van der Waals surface area contributed by atoms with Crippen LogP contribution in [0.2, 0.25) is 0 Å². The third-order valence-corrected chi connectivity index (χ3v) is 0. The van der Waals surface area contributed by atoms with Gasteiger partial charge in [-0.3, -0.25) is 0 Å². The summed E-state index contributed by atoms with van der Waals surface area (Å²) >= 11 is 6.00. The quantitative estimate of drug-likeness (QED) is 0.464. The van der Waals surface area contributed by atoms with Crippen molar-refractivity contribution in [3.05, 3.63) is 39.4 Å². The molecule has 14 heavy (non-hydrogen) atoms. The van der Waals surface area contributed by atoms with Crippen molar-refractivity contribution in [2.24, 2.45) is 0 Å². The minimum atomic E-state index is 3.00. The van der Waals surface area contributed by atoms with Crippen molar-refractivity contribution >= 4 is 0 Å². The monoisotopic (exact) mass is 268 g/mol. The van der Waals surface area contributed by atoms with E-state index in [9.17, 15) is 0 Å². The molecule has 0 aliphatic rings. The molecule has 0 atom stereocenters. The van der Waals surface area contributed by atoms with Gasteiger partial charge >= 0.3 is 27.3 Å². The summed E-state index contributed by atoms with van der Waals surface area (Å²) in [5, 5.41) is 37.5. The molecular weight excluding hydrogens is 268 g/mol. The molecule has 0 spiro atoms. The van der Waals surface area contributed by atoms with Crippen LogP contribution in [0.4, 0.5) is 0 Å². The Morgan fingerprint density at radius 3 is 0.429 bits per heavy atom. The summed E-state index contributed by atoms with van der Waals surface area (Å²) < 4.78 is 0. The van der Waals surface area contributed by atoms with E-state index in [0.717, 1.165) is 0 Å². The molecule has 0 saturated heterocycles. The molecule has 0 saturated carbocycles. The molecular formula is C6Fe2N6-5. The molecule has 0 unspecified atom stereocenters. The second-order valence-electron chi connectivity index (χ2n) is 0. The third kappa shape index (κ3) is 197. The summed E-state index contributed by atoms with van der Waals surface area (Å²) in [5.74, 6) is 0. The van der Waals surface area contributed by atoms with Gasteiger partial charge in [-0.2, -0.15) is 0 Å². The van der Waals surface area contributed by atoms with Crippen molar-refractivity contribution < 1.29 is 27.3 Å². The zero-order valence-corrected chi connectivity index (χ0v) is 8.60. The molecule has 0 heterocycles. The Morgan fingerprint density at radius 1 is 0.429 bits per heavy atom. The minimum absolute atomic E-state index is 3.00. The SMILES string of the molecule is [C-]#N.[C-]#N.[C-]#N.[C-]#N.[C-]#N.[C-]#N.[Fe]=[Fe+]. The Morgan fingerprint density at radius 2 is 0.429 bits per heavy atom. The summed E-state index contributed by atoms with van der Waals surface area (Å²) in [6.07, 6.45) is 0. The normalized spacial score (nSPS) is 1.21. The fraction of sp³-hybridized carbons (Fsp3) is 0. The third-order valence-electron chi connectivity index (χ3n) is 0. The average molecular weight is 268 g/mol. The van der Waals surface area contributed by atoms with Gasteiger partial charge in [-0.15, -0.1) is 0 Å². The summed E-state index contributed by atoms with van der Waals surface area (Å²) in [5.41, 5.74) is 0. The van der Waals surface area contributed by atoms with Crippen LogP contribution in [0.25, 0.3) is 0 Å². The molecule has 0 fully saturated rings. The van der Waals surface area contributed by atoms with Crippen molar-refractivity contribution in [2.45, 2.75) is 0 Å². The van der Waals surface area contributed by atoms with Crippen LogP contribution in [0.3, 0.4) is 0 Å². The average Bonchev–Trinajstić information content (AvgIpc) is 2.45. The summed E-state index contributed by atoms with van der Waals surface area (Å²) in [6.45, 7) is 28.5. The van der Waals surface area contributed by atoms with Crippen LogP contribution in [0.5, 0.6) is 0 Å². The standard InChI is InChI=1S/6CN.2Fe/c6*1-2;;/q6*-1;;+1. The molecule has 6 nitrogen and oxygen atoms in total. The van der Waals surface area contributed by atoms with Crippen molar-refractivity contribution in [3.8, 4) is 0 Å². The molecule has 0 N–H and O–H groups in total. The molecule has 0 aromatic rings. The van der Waals surface area contributed by atoms with E-state index in [2.05, 4.69) is 27.3 Å². The topological polar surface area (TPSA) is 143 Å². The van der Waals surface area contributed by atoms with Crippen molar-refractivity contribution in [1.82, 2.24) is 0 Å². The molecule has 8 heteroatoms. The van der Waals surface area contributed by atoms with E-state index in [4.69, 9.17) is 71.0 Å². The molecule has 0 aromatic carbocycles. The summed E-state index contributed by atoms with van der Waals surface area (Å²) in [7, 11) is 0. The second-order valence-corrected chi connectivity index (χ2v) is 0. The summed E-state index contributed by atoms with van der Waals surface area (Å²) in [4.78, 5) is 0. The van der Waals surface area contributed by atoms with Gasteiger partial charge in [0.25, 0.3) is 0 Å². The number of hydrogen-bond donors (Lipinski definition) is 0. The van der Waals surface area contributed by atoms with E-state index < -0.39 is 0 Å². The van der Waals surface area contributed by atoms with Crippen LogP contribution < -0.4 is 0 Å². The molecule has 75 valence electrons. The molecule has 0 aliphatic heterocycles. The fourth-order valence-corrected chi connectivity index (χ4v) is 0. The van der Waals surface area contributed by atoms with Crippen LogP contribution in [0.1, 0.15) is 0 Å². The Bertz CT molecular complexity index is 107. The predicted molar refractivity (Wildman–Crippen MR) is 29.8 cm³/mol. The number of hydrogen-bond acceptors (Lipinski definition) is 6. The molecule has 0 radical (unpaired) electrons. The van der Waals surface area contributed by atoms with Gasteiger partial charge in [0.15, 0.2) is 0 Å². The van der Waals surface area contributed by atoms with Gasteiger partial charge in [0.1, 0.15) is 0 Å². The predicted octanol–water partition coefficient (Wildman–Crippen LogP) is 0.573. The van der Waals surface area contributed by atoms with Gasteiger partial charge in [-0.1, -0.05) is 0 Å². The second kappa shape index (κ2) is 268. The van der Waals surface area contributed by atoms with Crippen LogP contribution in [0, 0.1) is 71.0 Å². The van der Waals surface area contributed by atoms with Gasteiger partial charge in [-0.05, 0) is 0 Å². The van der Waals surface area contributed by atoms with E-state index in [1.807, 2.05) is 0 Å². The van der Waals surface area contributed by atoms with Crippen molar-refractivity contribution in [1.29, 1.82) is 31.6 Å². The van der Waals surface area contributed by atoms with E-state index in [-0.39, 0.29) is 0 Å². The fourth-order valence-electron chi connectivity index (χ4n) is 0. The Kier molecular flexibility index (Phi) is 1110. The van der Waals surface area contributed by atoms with Crippen molar-refractivity contribution in [2.75, 3.05) is 0 Å². The van der Waals surface area contributed by atoms with E-state index >= 15 is 0 Å². The zero-order valence-electron chi connectivity index (χ0n) is 6.39. The van der Waals surface area contributed by atoms with E-state index in [0.29, 0.717) is 0 Å². The summed E-state index contributed by atoms with van der Waals surface area (Å²) in [6, 6.07) is 0. The number of rotatable bonds is 0. The molecule has 0 amide bonds. The maximum absolute atomic E-state index is 6.25. The number of nitrogens with zero attached hydrogens (tertiary/aromatic N) is 6. The zero-order chi connectivity index (χ0) is 14.0. The van der Waals surface area contributed by atoms with Crippen LogP contribution in [0.15, 0.2) is 0 Å². The first kappa shape index (κ1) is 58.2. The first-order valence-electron chi connectivity index (χ1n) is 1.47. The Hall–Kier alpha value is -2.02. The van der Waals surface area contributed by atoms with Gasteiger partial charge in [-0.25, -0.2) is 0 Å². The Balaban J connectivity index is -0.00000000817. The van der Waals surface area contributed by atoms with Crippen LogP contribution in [-0.2, 0) is 27.3 Å². The Labute approximate surface area is 98.3 Å². The first-order chi connectivity index (χ1) is 7.00. The van der Waals surface area contributed by atoms with Crippen LogP contribution >= 0.6 is 0 Å². The van der Waals surface area contributed by atoms with Gasteiger partial charge in [0.2, 0.25) is 0 Å². The first-order valence-corrected chi connectivity index (χ1v) is 3.47.